The van der Waals surface area contributed by atoms with E-state index in [2.05, 4.69) is 0 Å². The van der Waals surface area contributed by atoms with E-state index in [4.69, 9.17) is 18.6 Å². The summed E-state index contributed by atoms with van der Waals surface area (Å²) in [5.74, 6) is -1.37. The van der Waals surface area contributed by atoms with Crippen molar-refractivity contribution in [2.75, 3.05) is 0 Å². The molecule has 0 saturated carbocycles. The van der Waals surface area contributed by atoms with Crippen LogP contribution in [0.25, 0.3) is 22.1 Å². The summed E-state index contributed by atoms with van der Waals surface area (Å²) in [4.78, 5) is 46.8. The highest BCUT2D eigenvalue weighted by atomic mass is 16.5. The molecule has 3 rings (SSSR count). The second-order valence-corrected chi connectivity index (χ2v) is 6.08. The van der Waals surface area contributed by atoms with Gasteiger partial charge in [0.2, 0.25) is 5.43 Å². The van der Waals surface area contributed by atoms with Gasteiger partial charge in [0.1, 0.15) is 34.5 Å². The molecule has 0 saturated heterocycles. The monoisotopic (exact) mass is 396 g/mol. The van der Waals surface area contributed by atoms with Gasteiger partial charge in [-0.25, -0.2) is 0 Å². The standard InChI is InChI=1S/C21H16O8/c1-11(22)27-15-6-4-14(5-7-15)17-10-26-18-8-16(28-12(2)23)9-19(29-13(3)24)20(18)21(17)25/h4-10H,1-3H3. The number of hydrogen-bond acceptors (Lipinski definition) is 8. The molecule has 0 aliphatic heterocycles. The minimum atomic E-state index is -0.651. The number of ether oxygens (including phenoxy) is 3. The molecule has 1 heterocycles. The summed E-state index contributed by atoms with van der Waals surface area (Å²) >= 11 is 0. The van der Waals surface area contributed by atoms with Crippen LogP contribution in [-0.2, 0) is 14.4 Å². The van der Waals surface area contributed by atoms with Crippen molar-refractivity contribution in [3.8, 4) is 28.4 Å². The van der Waals surface area contributed by atoms with E-state index in [1.807, 2.05) is 0 Å². The van der Waals surface area contributed by atoms with Crippen LogP contribution < -0.4 is 19.6 Å². The van der Waals surface area contributed by atoms with Gasteiger partial charge in [-0.3, -0.25) is 19.2 Å². The maximum absolute atomic E-state index is 13.1. The maximum Gasteiger partial charge on any atom is 0.308 e. The third kappa shape index (κ3) is 4.49. The number of carbonyl (C=O) groups excluding carboxylic acids is 3. The highest BCUT2D eigenvalue weighted by molar-refractivity contribution is 5.90. The van der Waals surface area contributed by atoms with Gasteiger partial charge < -0.3 is 18.6 Å². The van der Waals surface area contributed by atoms with E-state index >= 15 is 0 Å². The average Bonchev–Trinajstić information content (AvgIpc) is 2.61. The van der Waals surface area contributed by atoms with E-state index < -0.39 is 23.3 Å². The Morgan fingerprint density at radius 1 is 0.793 bits per heavy atom. The maximum atomic E-state index is 13.1. The van der Waals surface area contributed by atoms with E-state index in [-0.39, 0.29) is 28.0 Å². The number of rotatable bonds is 4. The lowest BCUT2D eigenvalue weighted by Crippen LogP contribution is -2.10. The highest BCUT2D eigenvalue weighted by Gasteiger charge is 2.18. The predicted octanol–water partition coefficient (Wildman–Crippen LogP) is 3.24. The Hall–Kier alpha value is -3.94. The molecule has 8 heteroatoms. The summed E-state index contributed by atoms with van der Waals surface area (Å²) in [5, 5.41) is 0.0256. The second kappa shape index (κ2) is 7.97. The first-order valence-corrected chi connectivity index (χ1v) is 8.50. The van der Waals surface area contributed by atoms with Crippen LogP contribution in [0.3, 0.4) is 0 Å². The summed E-state index contributed by atoms with van der Waals surface area (Å²) < 4.78 is 20.7. The van der Waals surface area contributed by atoms with Gasteiger partial charge in [0.05, 0.1) is 5.56 Å². The Balaban J connectivity index is 2.14. The zero-order chi connectivity index (χ0) is 21.1. The normalized spacial score (nSPS) is 10.4. The lowest BCUT2D eigenvalue weighted by atomic mass is 10.0. The fraction of sp³-hybridized carbons (Fsp3) is 0.143. The second-order valence-electron chi connectivity index (χ2n) is 6.08. The van der Waals surface area contributed by atoms with E-state index in [1.54, 1.807) is 12.1 Å². The van der Waals surface area contributed by atoms with E-state index in [0.29, 0.717) is 11.3 Å². The molecule has 0 spiro atoms. The van der Waals surface area contributed by atoms with Crippen LogP contribution in [0, 0.1) is 0 Å². The Kier molecular flexibility index (Phi) is 5.45. The molecule has 0 aliphatic carbocycles. The molecule has 0 aliphatic rings. The molecule has 29 heavy (non-hydrogen) atoms. The number of benzene rings is 2. The van der Waals surface area contributed by atoms with Crippen molar-refractivity contribution in [2.45, 2.75) is 20.8 Å². The smallest absolute Gasteiger partial charge is 0.308 e. The lowest BCUT2D eigenvalue weighted by molar-refractivity contribution is -0.133. The number of carbonyl (C=O) groups is 3. The molecule has 3 aromatic rings. The van der Waals surface area contributed by atoms with Crippen LogP contribution in [0.4, 0.5) is 0 Å². The first-order valence-electron chi connectivity index (χ1n) is 8.50. The minimum Gasteiger partial charge on any atom is -0.463 e. The Morgan fingerprint density at radius 2 is 1.38 bits per heavy atom. The molecular formula is C21H16O8. The van der Waals surface area contributed by atoms with Crippen LogP contribution in [0.1, 0.15) is 20.8 Å². The summed E-state index contributed by atoms with van der Waals surface area (Å²) in [5.41, 5.74) is 0.359. The largest absolute Gasteiger partial charge is 0.463 e. The Bertz CT molecular complexity index is 1170. The topological polar surface area (TPSA) is 109 Å². The summed E-state index contributed by atoms with van der Waals surface area (Å²) in [6.45, 7) is 3.69. The quantitative estimate of drug-likeness (QED) is 0.488. The molecular weight excluding hydrogens is 380 g/mol. The zero-order valence-electron chi connectivity index (χ0n) is 15.8. The average molecular weight is 396 g/mol. The van der Waals surface area contributed by atoms with Gasteiger partial charge in [-0.1, -0.05) is 12.1 Å². The fourth-order valence-electron chi connectivity index (χ4n) is 2.72. The van der Waals surface area contributed by atoms with Gasteiger partial charge in [-0.15, -0.1) is 0 Å². The fourth-order valence-corrected chi connectivity index (χ4v) is 2.72. The van der Waals surface area contributed by atoms with Crippen molar-refractivity contribution in [3.05, 3.63) is 52.9 Å². The van der Waals surface area contributed by atoms with Gasteiger partial charge >= 0.3 is 17.9 Å². The third-order valence-corrected chi connectivity index (χ3v) is 3.76. The van der Waals surface area contributed by atoms with Crippen molar-refractivity contribution in [3.63, 3.8) is 0 Å². The molecule has 0 atom stereocenters. The van der Waals surface area contributed by atoms with Crippen molar-refractivity contribution < 1.29 is 33.0 Å². The van der Waals surface area contributed by atoms with Gasteiger partial charge in [0, 0.05) is 32.9 Å². The van der Waals surface area contributed by atoms with Gasteiger partial charge in [0.15, 0.2) is 0 Å². The van der Waals surface area contributed by atoms with E-state index in [1.165, 1.54) is 51.3 Å². The van der Waals surface area contributed by atoms with E-state index in [9.17, 15) is 19.2 Å². The van der Waals surface area contributed by atoms with Crippen LogP contribution in [0.5, 0.6) is 17.2 Å². The lowest BCUT2D eigenvalue weighted by Gasteiger charge is -2.10. The molecule has 0 radical (unpaired) electrons. The van der Waals surface area contributed by atoms with Crippen LogP contribution >= 0.6 is 0 Å². The molecule has 0 amide bonds. The minimum absolute atomic E-state index is 0.0256. The summed E-state index contributed by atoms with van der Waals surface area (Å²) in [6.07, 6.45) is 1.25. The first kappa shape index (κ1) is 19.8. The van der Waals surface area contributed by atoms with Crippen molar-refractivity contribution in [1.82, 2.24) is 0 Å². The van der Waals surface area contributed by atoms with Crippen molar-refractivity contribution in [2.24, 2.45) is 0 Å². The molecule has 0 bridgehead atoms. The number of esters is 3. The van der Waals surface area contributed by atoms with Gasteiger partial charge in [-0.2, -0.15) is 0 Å². The first-order chi connectivity index (χ1) is 13.7. The molecule has 0 N–H and O–H groups in total. The third-order valence-electron chi connectivity index (χ3n) is 3.76. The van der Waals surface area contributed by atoms with Crippen LogP contribution in [0.15, 0.2) is 51.9 Å². The highest BCUT2D eigenvalue weighted by Crippen LogP contribution is 2.32. The molecule has 0 unspecified atom stereocenters. The van der Waals surface area contributed by atoms with E-state index in [0.717, 1.165) is 0 Å². The zero-order valence-corrected chi connectivity index (χ0v) is 15.8. The summed E-state index contributed by atoms with van der Waals surface area (Å²) in [7, 11) is 0. The van der Waals surface area contributed by atoms with Gasteiger partial charge in [0.25, 0.3) is 0 Å². The molecule has 1 aromatic heterocycles. The number of fused-ring (bicyclic) bond motifs is 1. The van der Waals surface area contributed by atoms with Crippen LogP contribution in [-0.4, -0.2) is 17.9 Å². The van der Waals surface area contributed by atoms with Crippen molar-refractivity contribution >= 4 is 28.9 Å². The molecule has 8 nitrogen and oxygen atoms in total. The number of hydrogen-bond donors (Lipinski definition) is 0. The van der Waals surface area contributed by atoms with Crippen molar-refractivity contribution in [1.29, 1.82) is 0 Å². The molecule has 2 aromatic carbocycles. The van der Waals surface area contributed by atoms with Crippen LogP contribution in [0.2, 0.25) is 0 Å². The SMILES string of the molecule is CC(=O)Oc1ccc(-c2coc3cc(OC(C)=O)cc(OC(C)=O)c3c2=O)cc1. The predicted molar refractivity (Wildman–Crippen MR) is 102 cm³/mol. The molecule has 148 valence electrons. The molecule has 0 fully saturated rings. The summed E-state index contributed by atoms with van der Waals surface area (Å²) in [6, 6.07) is 8.90. The Labute approximate surface area is 164 Å². The van der Waals surface area contributed by atoms with Gasteiger partial charge in [-0.05, 0) is 17.7 Å². The Morgan fingerprint density at radius 3 is 1.97 bits per heavy atom.